The topological polar surface area (TPSA) is 9.86 Å². The molecule has 12 rings (SSSR count). The van der Waals surface area contributed by atoms with Gasteiger partial charge in [-0.05, 0) is 73.8 Å². The molecule has 2 heterocycles. The fourth-order valence-corrected chi connectivity index (χ4v) is 15.1. The van der Waals surface area contributed by atoms with Crippen LogP contribution in [-0.4, -0.2) is 17.2 Å². The number of aromatic nitrogens is 2. The first-order chi connectivity index (χ1) is 31.3. The molecular formula is C60H42N2Si. The van der Waals surface area contributed by atoms with Crippen molar-refractivity contribution in [1.29, 1.82) is 0 Å². The van der Waals surface area contributed by atoms with Crippen LogP contribution in [-0.2, 0) is 0 Å². The number of rotatable bonds is 8. The van der Waals surface area contributed by atoms with E-state index in [0.29, 0.717) is 0 Å². The van der Waals surface area contributed by atoms with Gasteiger partial charge in [0.05, 0.1) is 27.8 Å². The Balaban J connectivity index is 1.19. The lowest BCUT2D eigenvalue weighted by molar-refractivity contribution is 1.16. The molecule has 0 saturated heterocycles. The van der Waals surface area contributed by atoms with Gasteiger partial charge < -0.3 is 9.13 Å². The zero-order chi connectivity index (χ0) is 41.7. The highest BCUT2D eigenvalue weighted by atomic mass is 28.3. The van der Waals surface area contributed by atoms with Crippen molar-refractivity contribution in [2.24, 2.45) is 0 Å². The van der Waals surface area contributed by atoms with Crippen LogP contribution in [0.5, 0.6) is 0 Å². The largest absolute Gasteiger partial charge is 0.309 e. The molecule has 2 aromatic heterocycles. The minimum absolute atomic E-state index is 1.12. The van der Waals surface area contributed by atoms with Crippen molar-refractivity contribution in [3.63, 3.8) is 0 Å². The lowest BCUT2D eigenvalue weighted by Crippen LogP contribution is -2.74. The normalized spacial score (nSPS) is 11.8. The number of nitrogens with zero attached hydrogens (tertiary/aromatic N) is 2. The minimum Gasteiger partial charge on any atom is -0.309 e. The smallest absolute Gasteiger partial charge is 0.179 e. The number of hydrogen-bond donors (Lipinski definition) is 0. The van der Waals surface area contributed by atoms with Crippen LogP contribution in [0, 0.1) is 0 Å². The summed E-state index contributed by atoms with van der Waals surface area (Å²) in [6.07, 6.45) is 0. The predicted molar refractivity (Wildman–Crippen MR) is 270 cm³/mol. The van der Waals surface area contributed by atoms with Crippen LogP contribution in [0.3, 0.4) is 0 Å². The van der Waals surface area contributed by atoms with Crippen LogP contribution < -0.4 is 20.7 Å². The van der Waals surface area contributed by atoms with Crippen LogP contribution in [0.1, 0.15) is 0 Å². The molecule has 0 spiro atoms. The van der Waals surface area contributed by atoms with Gasteiger partial charge in [0, 0.05) is 32.8 Å². The van der Waals surface area contributed by atoms with E-state index in [1.54, 1.807) is 0 Å². The summed E-state index contributed by atoms with van der Waals surface area (Å²) in [5.74, 6) is 0. The Labute approximate surface area is 368 Å². The maximum atomic E-state index is 2.53. The SMILES string of the molecule is c1ccc(-c2ccc3c4ccc([Si](c5ccccc5)(c5ccccc5)c5ccccc5)cc4n(-c4ccc5c6ccccc6n(-c6ccccc6-c6ccccc6)c5c4)c3c2)cc1. The lowest BCUT2D eigenvalue weighted by Gasteiger charge is -2.34. The average molecular weight is 819 g/mol. The zero-order valence-electron chi connectivity index (χ0n) is 34.6. The van der Waals surface area contributed by atoms with E-state index in [1.807, 2.05) is 0 Å². The van der Waals surface area contributed by atoms with Gasteiger partial charge in [-0.2, -0.15) is 0 Å². The predicted octanol–water partition coefficient (Wildman–Crippen LogP) is 12.6. The van der Waals surface area contributed by atoms with Crippen LogP contribution in [0.25, 0.3) is 77.2 Å². The summed E-state index contributed by atoms with van der Waals surface area (Å²) in [6.45, 7) is 0. The van der Waals surface area contributed by atoms with Crippen molar-refractivity contribution in [1.82, 2.24) is 9.13 Å². The molecule has 12 aromatic rings. The molecule has 0 unspecified atom stereocenters. The molecule has 296 valence electrons. The van der Waals surface area contributed by atoms with Gasteiger partial charge in [0.2, 0.25) is 0 Å². The third-order valence-electron chi connectivity index (χ3n) is 13.1. The van der Waals surface area contributed by atoms with Crippen molar-refractivity contribution in [2.45, 2.75) is 0 Å². The molecule has 0 N–H and O–H groups in total. The Bertz CT molecular complexity index is 3500. The molecule has 0 aliphatic heterocycles. The molecule has 0 fully saturated rings. The van der Waals surface area contributed by atoms with E-state index in [0.717, 1.165) is 11.4 Å². The van der Waals surface area contributed by atoms with Gasteiger partial charge in [0.15, 0.2) is 8.07 Å². The molecular weight excluding hydrogens is 777 g/mol. The summed E-state index contributed by atoms with van der Waals surface area (Å²) in [5.41, 5.74) is 11.8. The third-order valence-corrected chi connectivity index (χ3v) is 17.8. The Morgan fingerprint density at radius 3 is 1.35 bits per heavy atom. The maximum absolute atomic E-state index is 2.83. The number of para-hydroxylation sites is 2. The van der Waals surface area contributed by atoms with Gasteiger partial charge >= 0.3 is 0 Å². The second-order valence-electron chi connectivity index (χ2n) is 16.5. The Hall–Kier alpha value is -7.98. The summed E-state index contributed by atoms with van der Waals surface area (Å²) in [4.78, 5) is 0. The lowest BCUT2D eigenvalue weighted by atomic mass is 10.0. The monoisotopic (exact) mass is 818 g/mol. The molecule has 0 aliphatic rings. The van der Waals surface area contributed by atoms with Crippen LogP contribution in [0.4, 0.5) is 0 Å². The van der Waals surface area contributed by atoms with Gasteiger partial charge in [-0.25, -0.2) is 0 Å². The second-order valence-corrected chi connectivity index (χ2v) is 20.3. The molecule has 0 amide bonds. The summed E-state index contributed by atoms with van der Waals surface area (Å²) in [7, 11) is -2.83. The van der Waals surface area contributed by atoms with E-state index in [4.69, 9.17) is 0 Å². The standard InChI is InChI=1S/C60H42N2Si/c1-6-20-43(21-7-1)45-34-37-53-55-39-36-50(63(47-24-10-3-11-25-47,48-26-12-4-13-27-48)49-28-14-5-15-29-49)42-60(55)61(58(53)40-45)46-35-38-54-52-31-17-19-33-57(52)62(59(54)41-46)56-32-18-16-30-51(56)44-22-8-2-9-23-44/h1-42H. The van der Waals surface area contributed by atoms with Crippen LogP contribution >= 0.6 is 0 Å². The van der Waals surface area contributed by atoms with E-state index in [1.165, 1.54) is 86.6 Å². The average Bonchev–Trinajstić information content (AvgIpc) is 3.87. The van der Waals surface area contributed by atoms with Crippen LogP contribution in [0.15, 0.2) is 255 Å². The van der Waals surface area contributed by atoms with Crippen molar-refractivity contribution < 1.29 is 0 Å². The van der Waals surface area contributed by atoms with Crippen molar-refractivity contribution in [3.05, 3.63) is 255 Å². The summed E-state index contributed by atoms with van der Waals surface area (Å²) >= 11 is 0. The summed E-state index contributed by atoms with van der Waals surface area (Å²) in [5, 5.41) is 10.4. The molecule has 10 aromatic carbocycles. The first-order valence-electron chi connectivity index (χ1n) is 21.8. The van der Waals surface area contributed by atoms with E-state index in [9.17, 15) is 0 Å². The molecule has 2 nitrogen and oxygen atoms in total. The van der Waals surface area contributed by atoms with Crippen molar-refractivity contribution in [2.75, 3.05) is 0 Å². The molecule has 0 atom stereocenters. The molecule has 3 heteroatoms. The van der Waals surface area contributed by atoms with E-state index >= 15 is 0 Å². The summed E-state index contributed by atoms with van der Waals surface area (Å²) < 4.78 is 5.01. The van der Waals surface area contributed by atoms with Gasteiger partial charge in [-0.3, -0.25) is 0 Å². The first kappa shape index (κ1) is 36.8. The zero-order valence-corrected chi connectivity index (χ0v) is 35.6. The Morgan fingerprint density at radius 2 is 0.714 bits per heavy atom. The first-order valence-corrected chi connectivity index (χ1v) is 23.8. The van der Waals surface area contributed by atoms with E-state index in [-0.39, 0.29) is 0 Å². The van der Waals surface area contributed by atoms with Crippen LogP contribution in [0.2, 0.25) is 0 Å². The molecule has 0 aliphatic carbocycles. The fraction of sp³-hybridized carbons (Fsp3) is 0. The quantitative estimate of drug-likeness (QED) is 0.107. The maximum Gasteiger partial charge on any atom is 0.179 e. The highest BCUT2D eigenvalue weighted by Crippen LogP contribution is 2.40. The third kappa shape index (κ3) is 5.93. The molecule has 0 radical (unpaired) electrons. The Morgan fingerprint density at radius 1 is 0.254 bits per heavy atom. The Kier molecular flexibility index (Phi) is 8.87. The van der Waals surface area contributed by atoms with Gasteiger partial charge in [-0.1, -0.05) is 218 Å². The highest BCUT2D eigenvalue weighted by molar-refractivity contribution is 7.20. The molecule has 0 bridgehead atoms. The van der Waals surface area contributed by atoms with Crippen molar-refractivity contribution in [3.8, 4) is 33.6 Å². The van der Waals surface area contributed by atoms with Gasteiger partial charge in [0.1, 0.15) is 0 Å². The second kappa shape index (κ2) is 15.2. The van der Waals surface area contributed by atoms with Gasteiger partial charge in [0.25, 0.3) is 0 Å². The van der Waals surface area contributed by atoms with Crippen molar-refractivity contribution >= 4 is 72.4 Å². The number of benzene rings is 10. The number of fused-ring (bicyclic) bond motifs is 6. The highest BCUT2D eigenvalue weighted by Gasteiger charge is 2.41. The fourth-order valence-electron chi connectivity index (χ4n) is 10.3. The summed E-state index contributed by atoms with van der Waals surface area (Å²) in [6, 6.07) is 94.3. The van der Waals surface area contributed by atoms with Gasteiger partial charge in [-0.15, -0.1) is 0 Å². The van der Waals surface area contributed by atoms with E-state index < -0.39 is 8.07 Å². The number of hydrogen-bond acceptors (Lipinski definition) is 0. The minimum atomic E-state index is -2.83. The molecule has 0 saturated carbocycles. The molecule has 63 heavy (non-hydrogen) atoms. The van der Waals surface area contributed by atoms with E-state index in [2.05, 4.69) is 264 Å².